The van der Waals surface area contributed by atoms with Crippen molar-refractivity contribution in [1.29, 1.82) is 0 Å². The molecule has 0 bridgehead atoms. The zero-order valence-electron chi connectivity index (χ0n) is 19.0. The standard InChI is InChI=1S/C21H43N3O2/c1-20(2,3)15-17(21(4,5)6)16-24(13-11-18(25)22(7)8)14-12-19(26)23(9)10/h17H,11-16H2,1-10H3. The van der Waals surface area contributed by atoms with Crippen LogP contribution in [0.3, 0.4) is 0 Å². The molecule has 0 saturated carbocycles. The molecular formula is C21H43N3O2. The average molecular weight is 370 g/mol. The Morgan fingerprint density at radius 2 is 1.15 bits per heavy atom. The van der Waals surface area contributed by atoms with Gasteiger partial charge in [-0.3, -0.25) is 9.59 Å². The van der Waals surface area contributed by atoms with Gasteiger partial charge >= 0.3 is 0 Å². The van der Waals surface area contributed by atoms with Gasteiger partial charge in [-0.1, -0.05) is 41.5 Å². The highest BCUT2D eigenvalue weighted by Gasteiger charge is 2.30. The van der Waals surface area contributed by atoms with Crippen LogP contribution in [0.25, 0.3) is 0 Å². The molecule has 0 fully saturated rings. The van der Waals surface area contributed by atoms with Gasteiger partial charge in [-0.15, -0.1) is 0 Å². The zero-order chi connectivity index (χ0) is 20.7. The Bertz CT molecular complexity index is 421. The number of carbonyl (C=O) groups excluding carboxylic acids is 2. The molecule has 0 aliphatic heterocycles. The molecule has 1 unspecified atom stereocenters. The lowest BCUT2D eigenvalue weighted by molar-refractivity contribution is -0.129. The highest BCUT2D eigenvalue weighted by molar-refractivity contribution is 5.76. The van der Waals surface area contributed by atoms with E-state index in [1.807, 2.05) is 0 Å². The van der Waals surface area contributed by atoms with Crippen molar-refractivity contribution in [1.82, 2.24) is 14.7 Å². The molecule has 0 N–H and O–H groups in total. The van der Waals surface area contributed by atoms with Gasteiger partial charge in [0, 0.05) is 60.7 Å². The third-order valence-corrected chi connectivity index (χ3v) is 4.84. The predicted molar refractivity (Wildman–Crippen MR) is 110 cm³/mol. The number of carbonyl (C=O) groups is 2. The largest absolute Gasteiger partial charge is 0.349 e. The molecule has 26 heavy (non-hydrogen) atoms. The van der Waals surface area contributed by atoms with Crippen LogP contribution < -0.4 is 0 Å². The minimum Gasteiger partial charge on any atom is -0.349 e. The molecule has 5 nitrogen and oxygen atoms in total. The SMILES string of the molecule is CN(C)C(=O)CCN(CCC(=O)N(C)C)CC(CC(C)(C)C)C(C)(C)C. The average Bonchev–Trinajstić information content (AvgIpc) is 2.45. The molecule has 1 atom stereocenters. The lowest BCUT2D eigenvalue weighted by Crippen LogP contribution is -2.40. The minimum atomic E-state index is 0.136. The maximum atomic E-state index is 12.0. The van der Waals surface area contributed by atoms with Crippen LogP contribution in [0.2, 0.25) is 0 Å². The van der Waals surface area contributed by atoms with Crippen LogP contribution in [0.5, 0.6) is 0 Å². The molecule has 0 aromatic rings. The van der Waals surface area contributed by atoms with E-state index >= 15 is 0 Å². The molecule has 0 aromatic heterocycles. The Morgan fingerprint density at radius 1 is 0.769 bits per heavy atom. The van der Waals surface area contributed by atoms with Crippen molar-refractivity contribution in [3.63, 3.8) is 0 Å². The molecule has 0 saturated heterocycles. The number of rotatable bonds is 9. The van der Waals surface area contributed by atoms with Crippen molar-refractivity contribution >= 4 is 11.8 Å². The van der Waals surface area contributed by atoms with E-state index in [-0.39, 0.29) is 22.6 Å². The Morgan fingerprint density at radius 3 is 1.42 bits per heavy atom. The Labute approximate surface area is 162 Å². The second-order valence-electron chi connectivity index (χ2n) is 10.2. The molecule has 5 heteroatoms. The summed E-state index contributed by atoms with van der Waals surface area (Å²) in [5.74, 6) is 0.778. The summed E-state index contributed by atoms with van der Waals surface area (Å²) in [5.41, 5.74) is 0.436. The molecular weight excluding hydrogens is 326 g/mol. The van der Waals surface area contributed by atoms with Crippen LogP contribution in [-0.2, 0) is 9.59 Å². The molecule has 0 radical (unpaired) electrons. The molecule has 0 rings (SSSR count). The van der Waals surface area contributed by atoms with Crippen molar-refractivity contribution in [3.05, 3.63) is 0 Å². The van der Waals surface area contributed by atoms with Crippen LogP contribution in [0, 0.1) is 16.7 Å². The van der Waals surface area contributed by atoms with Gasteiger partial charge < -0.3 is 14.7 Å². The summed E-state index contributed by atoms with van der Waals surface area (Å²) in [6.45, 7) is 16.0. The van der Waals surface area contributed by atoms with E-state index < -0.39 is 0 Å². The Balaban J connectivity index is 5.13. The summed E-state index contributed by atoms with van der Waals surface area (Å²) in [5, 5.41) is 0. The van der Waals surface area contributed by atoms with E-state index in [4.69, 9.17) is 0 Å². The molecule has 2 amide bonds. The second-order valence-corrected chi connectivity index (χ2v) is 10.2. The van der Waals surface area contributed by atoms with E-state index in [0.29, 0.717) is 31.8 Å². The van der Waals surface area contributed by atoms with Gasteiger partial charge in [0.2, 0.25) is 11.8 Å². The molecule has 0 aliphatic rings. The van der Waals surface area contributed by atoms with E-state index in [0.717, 1.165) is 13.0 Å². The van der Waals surface area contributed by atoms with Crippen LogP contribution in [0.15, 0.2) is 0 Å². The van der Waals surface area contributed by atoms with Crippen molar-refractivity contribution in [2.45, 2.75) is 60.8 Å². The predicted octanol–water partition coefficient (Wildman–Crippen LogP) is 3.34. The van der Waals surface area contributed by atoms with E-state index in [2.05, 4.69) is 46.4 Å². The molecule has 154 valence electrons. The van der Waals surface area contributed by atoms with Gasteiger partial charge in [0.25, 0.3) is 0 Å². The Kier molecular flexibility index (Phi) is 9.85. The lowest BCUT2D eigenvalue weighted by atomic mass is 9.72. The maximum absolute atomic E-state index is 12.0. The number of amides is 2. The smallest absolute Gasteiger partial charge is 0.223 e. The van der Waals surface area contributed by atoms with Gasteiger partial charge in [-0.2, -0.15) is 0 Å². The number of hydrogen-bond acceptors (Lipinski definition) is 3. The fraction of sp³-hybridized carbons (Fsp3) is 0.905. The summed E-state index contributed by atoms with van der Waals surface area (Å²) in [6.07, 6.45) is 2.11. The van der Waals surface area contributed by atoms with Crippen LogP contribution in [-0.4, -0.2) is 74.3 Å². The van der Waals surface area contributed by atoms with Crippen molar-refractivity contribution in [3.8, 4) is 0 Å². The zero-order valence-corrected chi connectivity index (χ0v) is 19.0. The third kappa shape index (κ3) is 10.8. The summed E-state index contributed by atoms with van der Waals surface area (Å²) < 4.78 is 0. The summed E-state index contributed by atoms with van der Waals surface area (Å²) in [7, 11) is 7.17. The highest BCUT2D eigenvalue weighted by Crippen LogP contribution is 2.36. The fourth-order valence-electron chi connectivity index (χ4n) is 2.94. The van der Waals surface area contributed by atoms with E-state index in [1.165, 1.54) is 0 Å². The monoisotopic (exact) mass is 369 g/mol. The first-order valence-corrected chi connectivity index (χ1v) is 9.76. The minimum absolute atomic E-state index is 0.136. The molecule has 0 aromatic carbocycles. The van der Waals surface area contributed by atoms with Gasteiger partial charge in [0.05, 0.1) is 0 Å². The first-order chi connectivity index (χ1) is 11.6. The van der Waals surface area contributed by atoms with Crippen molar-refractivity contribution in [2.24, 2.45) is 16.7 Å². The normalized spacial score (nSPS) is 13.7. The third-order valence-electron chi connectivity index (χ3n) is 4.84. The van der Waals surface area contributed by atoms with Crippen LogP contribution >= 0.6 is 0 Å². The number of nitrogens with zero attached hydrogens (tertiary/aromatic N) is 3. The van der Waals surface area contributed by atoms with E-state index in [1.54, 1.807) is 38.0 Å². The molecule has 0 aliphatic carbocycles. The molecule has 0 heterocycles. The van der Waals surface area contributed by atoms with Gasteiger partial charge in [0.15, 0.2) is 0 Å². The summed E-state index contributed by atoms with van der Waals surface area (Å²) in [6, 6.07) is 0. The fourth-order valence-corrected chi connectivity index (χ4v) is 2.94. The summed E-state index contributed by atoms with van der Waals surface area (Å²) >= 11 is 0. The van der Waals surface area contributed by atoms with Gasteiger partial charge in [-0.05, 0) is 23.2 Å². The van der Waals surface area contributed by atoms with Crippen molar-refractivity contribution < 1.29 is 9.59 Å². The first kappa shape index (κ1) is 24.9. The molecule has 0 spiro atoms. The quantitative estimate of drug-likeness (QED) is 0.626. The second kappa shape index (κ2) is 10.3. The van der Waals surface area contributed by atoms with Gasteiger partial charge in [0.1, 0.15) is 0 Å². The maximum Gasteiger partial charge on any atom is 0.223 e. The lowest BCUT2D eigenvalue weighted by Gasteiger charge is -2.39. The first-order valence-electron chi connectivity index (χ1n) is 9.76. The van der Waals surface area contributed by atoms with E-state index in [9.17, 15) is 9.59 Å². The number of hydrogen-bond donors (Lipinski definition) is 0. The highest BCUT2D eigenvalue weighted by atomic mass is 16.2. The Hall–Kier alpha value is -1.10. The van der Waals surface area contributed by atoms with Crippen LogP contribution in [0.1, 0.15) is 60.8 Å². The van der Waals surface area contributed by atoms with Crippen molar-refractivity contribution in [2.75, 3.05) is 47.8 Å². The topological polar surface area (TPSA) is 43.9 Å². The summed E-state index contributed by atoms with van der Waals surface area (Å²) in [4.78, 5) is 29.6. The van der Waals surface area contributed by atoms with Crippen LogP contribution in [0.4, 0.5) is 0 Å². The van der Waals surface area contributed by atoms with Gasteiger partial charge in [-0.25, -0.2) is 0 Å².